The molecule has 0 radical (unpaired) electrons. The van der Waals surface area contributed by atoms with E-state index in [1.54, 1.807) is 0 Å². The van der Waals surface area contributed by atoms with Crippen LogP contribution in [0.25, 0.3) is 11.0 Å². The third-order valence-corrected chi connectivity index (χ3v) is 8.46. The van der Waals surface area contributed by atoms with Gasteiger partial charge >= 0.3 is 0 Å². The van der Waals surface area contributed by atoms with E-state index in [2.05, 4.69) is 34.8 Å². The van der Waals surface area contributed by atoms with Crippen LogP contribution in [0.2, 0.25) is 0 Å². The van der Waals surface area contributed by atoms with Crippen LogP contribution < -0.4 is 5.32 Å². The fourth-order valence-corrected chi connectivity index (χ4v) is 6.11. The van der Waals surface area contributed by atoms with Crippen molar-refractivity contribution in [1.82, 2.24) is 19.4 Å². The van der Waals surface area contributed by atoms with Crippen molar-refractivity contribution in [2.75, 3.05) is 18.4 Å². The second-order valence-electron chi connectivity index (χ2n) is 10.9. The molecule has 0 bridgehead atoms. The SMILES string of the molecule is CCC[C@H](C)Nc1ncc2c(C3CCN(C(=O)C4CCC4)CC3)cn(C3CCC(O)CC3)c2n1. The minimum Gasteiger partial charge on any atom is -0.393 e. The Balaban J connectivity index is 1.39. The molecule has 0 spiro atoms. The number of amides is 1. The molecular weight excluding hydrogens is 426 g/mol. The fraction of sp³-hybridized carbons (Fsp3) is 0.741. The third kappa shape index (κ3) is 4.81. The average Bonchev–Trinajstić information content (AvgIpc) is 3.17. The lowest BCUT2D eigenvalue weighted by atomic mass is 9.83. The van der Waals surface area contributed by atoms with E-state index >= 15 is 0 Å². The highest BCUT2D eigenvalue weighted by atomic mass is 16.3. The molecule has 2 N–H and O–H groups in total. The summed E-state index contributed by atoms with van der Waals surface area (Å²) in [4.78, 5) is 24.5. The maximum absolute atomic E-state index is 12.7. The molecule has 7 heteroatoms. The van der Waals surface area contributed by atoms with Crippen molar-refractivity contribution in [2.24, 2.45) is 5.92 Å². The molecule has 34 heavy (non-hydrogen) atoms. The number of aromatic nitrogens is 3. The zero-order chi connectivity index (χ0) is 23.7. The van der Waals surface area contributed by atoms with Crippen LogP contribution in [-0.4, -0.2) is 55.7 Å². The van der Waals surface area contributed by atoms with E-state index in [0.717, 1.165) is 88.3 Å². The number of carbonyl (C=O) groups excluding carboxylic acids is 1. The quantitative estimate of drug-likeness (QED) is 0.598. The first kappa shape index (κ1) is 23.6. The molecule has 1 aliphatic heterocycles. The van der Waals surface area contributed by atoms with Crippen LogP contribution in [0.1, 0.15) is 102 Å². The Kier molecular flexibility index (Phi) is 7.09. The first-order valence-electron chi connectivity index (χ1n) is 13.6. The molecule has 0 unspecified atom stereocenters. The number of hydrogen-bond acceptors (Lipinski definition) is 5. The highest BCUT2D eigenvalue weighted by molar-refractivity contribution is 5.82. The number of fused-ring (bicyclic) bond motifs is 1. The monoisotopic (exact) mass is 467 g/mol. The van der Waals surface area contributed by atoms with Gasteiger partial charge in [-0.15, -0.1) is 0 Å². The third-order valence-electron chi connectivity index (χ3n) is 8.46. The van der Waals surface area contributed by atoms with Crippen LogP contribution >= 0.6 is 0 Å². The minimum atomic E-state index is -0.170. The second kappa shape index (κ2) is 10.2. The van der Waals surface area contributed by atoms with Crippen LogP contribution in [0.15, 0.2) is 12.4 Å². The van der Waals surface area contributed by atoms with Crippen LogP contribution in [0.3, 0.4) is 0 Å². The fourth-order valence-electron chi connectivity index (χ4n) is 6.11. The summed E-state index contributed by atoms with van der Waals surface area (Å²) in [5.74, 6) is 1.81. The van der Waals surface area contributed by atoms with E-state index in [4.69, 9.17) is 9.97 Å². The minimum absolute atomic E-state index is 0.170. The van der Waals surface area contributed by atoms with Crippen LogP contribution in [0, 0.1) is 5.92 Å². The Morgan fingerprint density at radius 1 is 1.15 bits per heavy atom. The topological polar surface area (TPSA) is 83.3 Å². The van der Waals surface area contributed by atoms with E-state index in [1.165, 1.54) is 12.0 Å². The van der Waals surface area contributed by atoms with E-state index in [9.17, 15) is 9.90 Å². The van der Waals surface area contributed by atoms with Crippen LogP contribution in [0.4, 0.5) is 5.95 Å². The summed E-state index contributed by atoms with van der Waals surface area (Å²) in [6.45, 7) is 6.10. The first-order valence-corrected chi connectivity index (χ1v) is 13.6. The van der Waals surface area contributed by atoms with Crippen molar-refractivity contribution in [3.8, 4) is 0 Å². The Morgan fingerprint density at radius 2 is 1.88 bits per heavy atom. The summed E-state index contributed by atoms with van der Waals surface area (Å²) in [6.07, 6.45) is 15.4. The molecule has 2 saturated carbocycles. The molecular formula is C27H41N5O2. The van der Waals surface area contributed by atoms with Crippen molar-refractivity contribution in [2.45, 2.75) is 109 Å². The summed E-state index contributed by atoms with van der Waals surface area (Å²) in [7, 11) is 0. The Labute approximate surface area is 203 Å². The molecule has 5 rings (SSSR count). The van der Waals surface area contributed by atoms with Gasteiger partial charge in [0.1, 0.15) is 5.65 Å². The highest BCUT2D eigenvalue weighted by Gasteiger charge is 2.33. The summed E-state index contributed by atoms with van der Waals surface area (Å²) in [6, 6.07) is 0.712. The van der Waals surface area contributed by atoms with Gasteiger partial charge in [0.25, 0.3) is 0 Å². The maximum Gasteiger partial charge on any atom is 0.225 e. The van der Waals surface area contributed by atoms with Gasteiger partial charge in [0, 0.05) is 48.9 Å². The average molecular weight is 468 g/mol. The first-order chi connectivity index (χ1) is 16.5. The maximum atomic E-state index is 12.7. The van der Waals surface area contributed by atoms with Gasteiger partial charge in [0.05, 0.1) is 6.10 Å². The standard InChI is InChI=1S/C27H41N5O2/c1-3-5-18(2)29-27-28-16-23-24(17-32(25(23)30-27)21-8-10-22(33)11-9-21)19-12-14-31(15-13-19)26(34)20-6-4-7-20/h16-22,33H,3-15H2,1-2H3,(H,28,29,30)/t18-,21?,22?/m0/s1. The summed E-state index contributed by atoms with van der Waals surface area (Å²) in [5, 5.41) is 14.7. The lowest BCUT2D eigenvalue weighted by molar-refractivity contribution is -0.139. The van der Waals surface area contributed by atoms with E-state index in [1.807, 2.05) is 6.20 Å². The number of likely N-dealkylation sites (tertiary alicyclic amines) is 1. The van der Waals surface area contributed by atoms with Crippen molar-refractivity contribution < 1.29 is 9.90 Å². The van der Waals surface area contributed by atoms with Crippen molar-refractivity contribution in [3.63, 3.8) is 0 Å². The Morgan fingerprint density at radius 3 is 2.53 bits per heavy atom. The number of carbonyl (C=O) groups is 1. The lowest BCUT2D eigenvalue weighted by Gasteiger charge is -2.36. The van der Waals surface area contributed by atoms with Crippen LogP contribution in [-0.2, 0) is 4.79 Å². The number of piperidine rings is 1. The van der Waals surface area contributed by atoms with Crippen LogP contribution in [0.5, 0.6) is 0 Å². The number of aliphatic hydroxyl groups is 1. The number of anilines is 1. The molecule has 3 fully saturated rings. The molecule has 2 aromatic heterocycles. The number of aliphatic hydroxyl groups excluding tert-OH is 1. The lowest BCUT2D eigenvalue weighted by Crippen LogP contribution is -2.43. The predicted octanol–water partition coefficient (Wildman–Crippen LogP) is 5.01. The van der Waals surface area contributed by atoms with Gasteiger partial charge in [0.15, 0.2) is 0 Å². The zero-order valence-electron chi connectivity index (χ0n) is 20.9. The van der Waals surface area contributed by atoms with Gasteiger partial charge in [-0.25, -0.2) is 4.98 Å². The van der Waals surface area contributed by atoms with E-state index < -0.39 is 0 Å². The van der Waals surface area contributed by atoms with Crippen molar-refractivity contribution in [1.29, 1.82) is 0 Å². The normalized spacial score (nSPS) is 25.3. The summed E-state index contributed by atoms with van der Waals surface area (Å²) >= 11 is 0. The number of hydrogen-bond donors (Lipinski definition) is 2. The van der Waals surface area contributed by atoms with E-state index in [-0.39, 0.29) is 12.0 Å². The zero-order valence-corrected chi connectivity index (χ0v) is 20.9. The molecule has 3 aliphatic rings. The molecule has 0 aromatic carbocycles. The van der Waals surface area contributed by atoms with Gasteiger partial charge in [-0.2, -0.15) is 4.98 Å². The molecule has 2 aromatic rings. The molecule has 3 heterocycles. The van der Waals surface area contributed by atoms with Crippen molar-refractivity contribution >= 4 is 22.9 Å². The predicted molar refractivity (Wildman–Crippen MR) is 135 cm³/mol. The highest BCUT2D eigenvalue weighted by Crippen LogP contribution is 2.39. The second-order valence-corrected chi connectivity index (χ2v) is 10.9. The molecule has 7 nitrogen and oxygen atoms in total. The molecule has 2 aliphatic carbocycles. The van der Waals surface area contributed by atoms with Gasteiger partial charge in [-0.1, -0.05) is 19.8 Å². The van der Waals surface area contributed by atoms with E-state index in [0.29, 0.717) is 29.9 Å². The number of nitrogens with one attached hydrogen (secondary N) is 1. The number of nitrogens with zero attached hydrogens (tertiary/aromatic N) is 4. The van der Waals surface area contributed by atoms with Gasteiger partial charge in [0.2, 0.25) is 11.9 Å². The molecule has 186 valence electrons. The van der Waals surface area contributed by atoms with Crippen molar-refractivity contribution in [3.05, 3.63) is 18.0 Å². The van der Waals surface area contributed by atoms with Gasteiger partial charge in [-0.3, -0.25) is 4.79 Å². The summed E-state index contributed by atoms with van der Waals surface area (Å²) < 4.78 is 2.37. The Hall–Kier alpha value is -2.15. The van der Waals surface area contributed by atoms with Gasteiger partial charge in [-0.05, 0) is 76.2 Å². The number of rotatable bonds is 7. The van der Waals surface area contributed by atoms with Gasteiger partial charge < -0.3 is 19.9 Å². The summed E-state index contributed by atoms with van der Waals surface area (Å²) in [5.41, 5.74) is 2.36. The smallest absolute Gasteiger partial charge is 0.225 e. The molecule has 1 atom stereocenters. The molecule has 1 saturated heterocycles. The molecule has 1 amide bonds. The largest absolute Gasteiger partial charge is 0.393 e. The Bertz CT molecular complexity index is 984.